The van der Waals surface area contributed by atoms with Crippen LogP contribution in [-0.4, -0.2) is 65.0 Å². The summed E-state index contributed by atoms with van der Waals surface area (Å²) in [6.07, 6.45) is 8.02. The van der Waals surface area contributed by atoms with Crippen LogP contribution in [0.4, 0.5) is 0 Å². The Hall–Kier alpha value is -2.19. The molecule has 1 aliphatic carbocycles. The molecule has 0 atom stereocenters. The van der Waals surface area contributed by atoms with Gasteiger partial charge in [0.1, 0.15) is 5.82 Å². The van der Waals surface area contributed by atoms with Crippen molar-refractivity contribution in [2.75, 3.05) is 25.9 Å². The molecule has 2 fully saturated rings. The zero-order valence-electron chi connectivity index (χ0n) is 17.7. The van der Waals surface area contributed by atoms with Crippen LogP contribution in [0, 0.1) is 6.92 Å². The number of rotatable bonds is 7. The Morgan fingerprint density at radius 3 is 2.40 bits per heavy atom. The number of aromatic nitrogens is 2. The maximum atomic E-state index is 13.3. The summed E-state index contributed by atoms with van der Waals surface area (Å²) < 4.78 is 28.5. The molecule has 2 aliphatic rings. The van der Waals surface area contributed by atoms with Crippen molar-refractivity contribution in [1.29, 1.82) is 0 Å². The summed E-state index contributed by atoms with van der Waals surface area (Å²) in [6, 6.07) is 9.96. The van der Waals surface area contributed by atoms with Gasteiger partial charge in [0.15, 0.2) is 0 Å². The first-order valence-electron chi connectivity index (χ1n) is 10.6. The molecule has 1 aromatic carbocycles. The maximum Gasteiger partial charge on any atom is 0.233 e. The monoisotopic (exact) mass is 430 g/mol. The second kappa shape index (κ2) is 8.15. The van der Waals surface area contributed by atoms with Crippen molar-refractivity contribution < 1.29 is 13.2 Å². The second-order valence-corrected chi connectivity index (χ2v) is 10.4. The van der Waals surface area contributed by atoms with Gasteiger partial charge in [-0.25, -0.2) is 13.4 Å². The largest absolute Gasteiger partial charge is 0.342 e. The fraction of sp³-hybridized carbons (Fsp3) is 0.545. The summed E-state index contributed by atoms with van der Waals surface area (Å²) in [7, 11) is -3.33. The van der Waals surface area contributed by atoms with E-state index < -0.39 is 10.0 Å². The minimum absolute atomic E-state index is 0.0697. The van der Waals surface area contributed by atoms with Crippen LogP contribution in [0.3, 0.4) is 0 Å². The van der Waals surface area contributed by atoms with Crippen molar-refractivity contribution in [2.24, 2.45) is 0 Å². The topological polar surface area (TPSA) is 75.5 Å². The molecule has 0 unspecified atom stereocenters. The van der Waals surface area contributed by atoms with Crippen molar-refractivity contribution in [3.05, 3.63) is 54.1 Å². The van der Waals surface area contributed by atoms with Gasteiger partial charge in [-0.2, -0.15) is 4.31 Å². The number of sulfonamides is 1. The van der Waals surface area contributed by atoms with Gasteiger partial charge in [-0.15, -0.1) is 0 Å². The van der Waals surface area contributed by atoms with Gasteiger partial charge in [0.05, 0.1) is 11.7 Å². The minimum atomic E-state index is -3.33. The average Bonchev–Trinajstić information content (AvgIpc) is 3.45. The Bertz CT molecular complexity index is 990. The number of hydrogen-bond acceptors (Lipinski definition) is 4. The molecule has 1 amide bonds. The molecular weight excluding hydrogens is 400 g/mol. The summed E-state index contributed by atoms with van der Waals surface area (Å²) in [6.45, 7) is 4.12. The Morgan fingerprint density at radius 1 is 1.20 bits per heavy atom. The highest BCUT2D eigenvalue weighted by molar-refractivity contribution is 7.88. The molecule has 1 aliphatic heterocycles. The summed E-state index contributed by atoms with van der Waals surface area (Å²) in [4.78, 5) is 19.4. The Kier molecular flexibility index (Phi) is 5.72. The number of carbonyl (C=O) groups is 1. The van der Waals surface area contributed by atoms with E-state index in [-0.39, 0.29) is 17.4 Å². The zero-order chi connectivity index (χ0) is 21.4. The lowest BCUT2D eigenvalue weighted by Crippen LogP contribution is -2.51. The second-order valence-electron chi connectivity index (χ2n) is 8.51. The molecule has 4 rings (SSSR count). The predicted octanol–water partition coefficient (Wildman–Crippen LogP) is 2.18. The van der Waals surface area contributed by atoms with E-state index in [0.717, 1.165) is 24.2 Å². The fourth-order valence-corrected chi connectivity index (χ4v) is 5.80. The first kappa shape index (κ1) is 21.1. The molecule has 30 heavy (non-hydrogen) atoms. The summed E-state index contributed by atoms with van der Waals surface area (Å²) >= 11 is 0. The fourth-order valence-electron chi connectivity index (χ4n) is 4.63. The molecule has 0 radical (unpaired) electrons. The number of aryl methyl sites for hydroxylation is 1. The van der Waals surface area contributed by atoms with Crippen LogP contribution in [0.5, 0.6) is 0 Å². The van der Waals surface area contributed by atoms with E-state index in [0.29, 0.717) is 39.0 Å². The van der Waals surface area contributed by atoms with E-state index in [1.165, 1.54) is 6.26 Å². The molecule has 0 N–H and O–H groups in total. The Labute approximate surface area is 178 Å². The van der Waals surface area contributed by atoms with Gasteiger partial charge in [0.25, 0.3) is 0 Å². The van der Waals surface area contributed by atoms with Gasteiger partial charge in [0.2, 0.25) is 15.9 Å². The van der Waals surface area contributed by atoms with Crippen molar-refractivity contribution in [1.82, 2.24) is 18.8 Å². The molecule has 1 aromatic heterocycles. The van der Waals surface area contributed by atoms with Crippen LogP contribution in [0.2, 0.25) is 0 Å². The van der Waals surface area contributed by atoms with Crippen LogP contribution in [-0.2, 0) is 26.8 Å². The third-order valence-corrected chi connectivity index (χ3v) is 7.89. The molecule has 2 aromatic rings. The number of likely N-dealkylation sites (tertiary alicyclic amines) is 1. The number of amides is 1. The zero-order valence-corrected chi connectivity index (χ0v) is 18.5. The first-order chi connectivity index (χ1) is 14.3. The minimum Gasteiger partial charge on any atom is -0.342 e. The third-order valence-electron chi connectivity index (χ3n) is 6.56. The quantitative estimate of drug-likeness (QED) is 0.675. The van der Waals surface area contributed by atoms with Crippen LogP contribution in [0.1, 0.15) is 37.1 Å². The maximum absolute atomic E-state index is 13.3. The first-order valence-corrected chi connectivity index (χ1v) is 12.5. The number of carbonyl (C=O) groups excluding carboxylic acids is 1. The molecule has 1 saturated heterocycles. The summed E-state index contributed by atoms with van der Waals surface area (Å²) in [5, 5.41) is 0. The highest BCUT2D eigenvalue weighted by Gasteiger charge is 2.53. The number of nitrogens with zero attached hydrogens (tertiary/aromatic N) is 4. The van der Waals surface area contributed by atoms with E-state index >= 15 is 0 Å². The van der Waals surface area contributed by atoms with Crippen LogP contribution in [0.15, 0.2) is 42.7 Å². The lowest BCUT2D eigenvalue weighted by molar-refractivity contribution is -0.135. The molecule has 1 saturated carbocycles. The average molecular weight is 431 g/mol. The smallest absolute Gasteiger partial charge is 0.233 e. The standard InChI is InChI=1S/C22H30N4O3S/c1-18-23-12-15-24(18)16-17-26(30(2,28)29)20-8-13-25(14-9-20)21(27)22(10-11-22)19-6-4-3-5-7-19/h3-7,12,15,20H,8-11,13-14,16-17H2,1-2H3. The van der Waals surface area contributed by atoms with E-state index in [4.69, 9.17) is 0 Å². The van der Waals surface area contributed by atoms with Crippen LogP contribution >= 0.6 is 0 Å². The normalized spacial score (nSPS) is 19.2. The van der Waals surface area contributed by atoms with Crippen LogP contribution < -0.4 is 0 Å². The lowest BCUT2D eigenvalue weighted by Gasteiger charge is -2.38. The van der Waals surface area contributed by atoms with E-state index in [2.05, 4.69) is 4.98 Å². The molecule has 7 nitrogen and oxygen atoms in total. The molecule has 8 heteroatoms. The van der Waals surface area contributed by atoms with E-state index in [1.54, 1.807) is 10.5 Å². The van der Waals surface area contributed by atoms with Gasteiger partial charge in [-0.1, -0.05) is 30.3 Å². The molecular formula is C22H30N4O3S. The summed E-state index contributed by atoms with van der Waals surface area (Å²) in [5.74, 6) is 1.08. The molecule has 0 bridgehead atoms. The van der Waals surface area contributed by atoms with Crippen molar-refractivity contribution >= 4 is 15.9 Å². The lowest BCUT2D eigenvalue weighted by atomic mass is 9.93. The Morgan fingerprint density at radius 2 is 1.87 bits per heavy atom. The van der Waals surface area contributed by atoms with Crippen molar-refractivity contribution in [2.45, 2.75) is 50.6 Å². The van der Waals surface area contributed by atoms with Gasteiger partial charge < -0.3 is 9.47 Å². The highest BCUT2D eigenvalue weighted by atomic mass is 32.2. The third kappa shape index (κ3) is 4.16. The van der Waals surface area contributed by atoms with Gasteiger partial charge in [-0.05, 0) is 38.2 Å². The molecule has 162 valence electrons. The molecule has 2 heterocycles. The van der Waals surface area contributed by atoms with Gasteiger partial charge >= 0.3 is 0 Å². The van der Waals surface area contributed by atoms with E-state index in [1.807, 2.05) is 52.9 Å². The van der Waals surface area contributed by atoms with Crippen LogP contribution in [0.25, 0.3) is 0 Å². The van der Waals surface area contributed by atoms with Gasteiger partial charge in [-0.3, -0.25) is 4.79 Å². The number of imidazole rings is 1. The SMILES string of the molecule is Cc1nccn1CCN(C1CCN(C(=O)C2(c3ccccc3)CC2)CC1)S(C)(=O)=O. The van der Waals surface area contributed by atoms with E-state index in [9.17, 15) is 13.2 Å². The highest BCUT2D eigenvalue weighted by Crippen LogP contribution is 2.49. The Balaban J connectivity index is 1.40. The number of hydrogen-bond donors (Lipinski definition) is 0. The molecule has 0 spiro atoms. The summed E-state index contributed by atoms with van der Waals surface area (Å²) in [5.41, 5.74) is 0.745. The van der Waals surface area contributed by atoms with Gasteiger partial charge in [0, 0.05) is 44.6 Å². The predicted molar refractivity (Wildman–Crippen MR) is 115 cm³/mol. The van der Waals surface area contributed by atoms with Crippen molar-refractivity contribution in [3.8, 4) is 0 Å². The number of piperidine rings is 1. The number of benzene rings is 1. The van der Waals surface area contributed by atoms with Crippen molar-refractivity contribution in [3.63, 3.8) is 0 Å².